The molecule has 4 heteroatoms. The van der Waals surface area contributed by atoms with Gasteiger partial charge in [0.2, 0.25) is 0 Å². The number of nitrogens with zero attached hydrogens (tertiary/aromatic N) is 3. The van der Waals surface area contributed by atoms with E-state index < -0.39 is 0 Å². The third-order valence-corrected chi connectivity index (χ3v) is 15.7. The van der Waals surface area contributed by atoms with Gasteiger partial charge in [0.05, 0.1) is 28.0 Å². The summed E-state index contributed by atoms with van der Waals surface area (Å²) < 4.78 is 1.30. The molecule has 2 atom stereocenters. The topological polar surface area (TPSA) is 28.0 Å². The van der Waals surface area contributed by atoms with Crippen molar-refractivity contribution in [2.24, 2.45) is 9.98 Å². The van der Waals surface area contributed by atoms with Crippen molar-refractivity contribution < 1.29 is 0 Å². The lowest BCUT2D eigenvalue weighted by Crippen LogP contribution is -2.25. The first-order chi connectivity index (χ1) is 33.1. The van der Waals surface area contributed by atoms with Crippen molar-refractivity contribution in [3.63, 3.8) is 0 Å². The Kier molecular flexibility index (Phi) is 9.50. The van der Waals surface area contributed by atoms with Crippen LogP contribution >= 0.6 is 11.3 Å². The minimum Gasteiger partial charge on any atom is -0.331 e. The van der Waals surface area contributed by atoms with Crippen LogP contribution in [0.5, 0.6) is 0 Å². The number of amidine groups is 1. The number of hydrogen-bond acceptors (Lipinski definition) is 4. The van der Waals surface area contributed by atoms with E-state index in [0.29, 0.717) is 5.92 Å². The number of fused-ring (bicyclic) bond motifs is 13. The number of thiophene rings is 1. The van der Waals surface area contributed by atoms with E-state index in [1.807, 2.05) is 11.3 Å². The second-order valence-electron chi connectivity index (χ2n) is 18.3. The monoisotopic (exact) mass is 877 g/mol. The summed E-state index contributed by atoms with van der Waals surface area (Å²) in [7, 11) is 0. The summed E-state index contributed by atoms with van der Waals surface area (Å²) in [4.78, 5) is 15.2. The summed E-state index contributed by atoms with van der Waals surface area (Å²) in [6.07, 6.45) is 2.77. The number of allylic oxidation sites excluding steroid dienone is 1. The van der Waals surface area contributed by atoms with Crippen LogP contribution in [-0.2, 0) is 0 Å². The summed E-state index contributed by atoms with van der Waals surface area (Å²) in [5.74, 6) is 1.13. The SMILES string of the molecule is CCC1c2ccccc2N2c3c(sc4ccc(-c5cc(C6=N/C(c7ccccc7)=C(\C)CCC(c7ccccc7)=N6)cc(-c6cc7ccccc7c7ccccc67)c5)cc34)-c3ccccc3C12. The van der Waals surface area contributed by atoms with E-state index in [0.717, 1.165) is 64.3 Å². The zero-order valence-corrected chi connectivity index (χ0v) is 38.4. The van der Waals surface area contributed by atoms with Crippen LogP contribution in [0.2, 0.25) is 0 Å². The van der Waals surface area contributed by atoms with Crippen LogP contribution in [0.4, 0.5) is 11.4 Å². The largest absolute Gasteiger partial charge is 0.331 e. The second-order valence-corrected chi connectivity index (χ2v) is 19.4. The average molecular weight is 878 g/mol. The Morgan fingerprint density at radius 2 is 1.18 bits per heavy atom. The number of para-hydroxylation sites is 1. The van der Waals surface area contributed by atoms with E-state index in [4.69, 9.17) is 9.98 Å². The Morgan fingerprint density at radius 1 is 0.507 bits per heavy atom. The lowest BCUT2D eigenvalue weighted by Gasteiger charge is -2.36. The summed E-state index contributed by atoms with van der Waals surface area (Å²) in [5, 5.41) is 6.25. The molecule has 3 nitrogen and oxygen atoms in total. The molecule has 10 aromatic rings. The van der Waals surface area contributed by atoms with Crippen LogP contribution in [0.3, 0.4) is 0 Å². The molecule has 3 aliphatic rings. The standard InChI is InChI=1S/C63H47N3S/c1-3-47-51-26-16-17-29-57(51)66-60(47)52-27-14-15-28-53(52)62-61(66)55-37-42(31-33-58(55)67-62)44-34-45(54-38-43-22-10-11-23-48(43)49-24-12-13-25-50(49)54)36-46(35-44)63-64-56(40-18-6-4-7-19-40)32-30-39(2)59(65-63)41-20-8-5-9-21-41/h4-29,31,33-38,47,60H,3,30,32H2,1-2H3/b59-39+,64-56?,65-63?. The van der Waals surface area contributed by atoms with Crippen LogP contribution < -0.4 is 4.90 Å². The van der Waals surface area contributed by atoms with Crippen molar-refractivity contribution in [1.29, 1.82) is 0 Å². The Hall–Kier alpha value is -7.66. The number of hydrogen-bond donors (Lipinski definition) is 0. The molecular weight excluding hydrogens is 831 g/mol. The maximum atomic E-state index is 5.61. The highest BCUT2D eigenvalue weighted by molar-refractivity contribution is 7.23. The highest BCUT2D eigenvalue weighted by Gasteiger charge is 2.45. The Bertz CT molecular complexity index is 3710. The summed E-state index contributed by atoms with van der Waals surface area (Å²) in [6, 6.07) is 74.1. The number of anilines is 2. The third-order valence-electron chi connectivity index (χ3n) is 14.5. The van der Waals surface area contributed by atoms with E-state index in [9.17, 15) is 0 Å². The maximum absolute atomic E-state index is 5.61. The first-order valence-corrected chi connectivity index (χ1v) is 24.5. The van der Waals surface area contributed by atoms with E-state index >= 15 is 0 Å². The van der Waals surface area contributed by atoms with Gasteiger partial charge in [-0.2, -0.15) is 0 Å². The van der Waals surface area contributed by atoms with Gasteiger partial charge in [0.1, 0.15) is 0 Å². The fraction of sp³-hybridized carbons (Fsp3) is 0.111. The molecular formula is C63H47N3S. The molecule has 0 amide bonds. The normalized spacial score (nSPS) is 17.6. The van der Waals surface area contributed by atoms with Gasteiger partial charge in [-0.05, 0) is 140 Å². The van der Waals surface area contributed by atoms with Crippen LogP contribution in [0.25, 0.3) is 70.0 Å². The molecule has 0 saturated carbocycles. The summed E-state index contributed by atoms with van der Waals surface area (Å²) in [5.41, 5.74) is 18.1. The van der Waals surface area contributed by atoms with Gasteiger partial charge in [-0.1, -0.05) is 165 Å². The molecule has 320 valence electrons. The molecule has 0 radical (unpaired) electrons. The third kappa shape index (κ3) is 6.53. The number of aliphatic imine (C=N–C) groups is 2. The predicted octanol–water partition coefficient (Wildman–Crippen LogP) is 17.4. The highest BCUT2D eigenvalue weighted by Crippen LogP contribution is 2.63. The molecule has 9 aromatic carbocycles. The first kappa shape index (κ1) is 39.7. The minimum atomic E-state index is 0.244. The van der Waals surface area contributed by atoms with Gasteiger partial charge in [0.15, 0.2) is 5.84 Å². The van der Waals surface area contributed by atoms with E-state index in [1.165, 1.54) is 81.3 Å². The second kappa shape index (κ2) is 16.0. The van der Waals surface area contributed by atoms with E-state index in [-0.39, 0.29) is 6.04 Å². The van der Waals surface area contributed by atoms with Gasteiger partial charge in [-0.3, -0.25) is 0 Å². The number of rotatable bonds is 6. The molecule has 4 heterocycles. The quantitative estimate of drug-likeness (QED) is 0.153. The van der Waals surface area contributed by atoms with Crippen molar-refractivity contribution in [3.8, 4) is 32.7 Å². The molecule has 2 unspecified atom stereocenters. The molecule has 3 aliphatic heterocycles. The predicted molar refractivity (Wildman–Crippen MR) is 285 cm³/mol. The van der Waals surface area contributed by atoms with Gasteiger partial charge < -0.3 is 4.90 Å². The smallest absolute Gasteiger partial charge is 0.160 e. The molecule has 0 aliphatic carbocycles. The average Bonchev–Trinajstić information content (AvgIpc) is 3.94. The van der Waals surface area contributed by atoms with Gasteiger partial charge >= 0.3 is 0 Å². The molecule has 13 rings (SSSR count). The zero-order valence-electron chi connectivity index (χ0n) is 37.6. The fourth-order valence-electron chi connectivity index (χ4n) is 11.3. The molecule has 0 spiro atoms. The van der Waals surface area contributed by atoms with Crippen LogP contribution in [0.15, 0.2) is 216 Å². The Morgan fingerprint density at radius 3 is 2.00 bits per heavy atom. The lowest BCUT2D eigenvalue weighted by atomic mass is 9.84. The minimum absolute atomic E-state index is 0.244. The van der Waals surface area contributed by atoms with Crippen molar-refractivity contribution in [3.05, 3.63) is 234 Å². The van der Waals surface area contributed by atoms with Crippen molar-refractivity contribution in [2.75, 3.05) is 4.90 Å². The van der Waals surface area contributed by atoms with Gasteiger partial charge in [-0.15, -0.1) is 11.3 Å². The van der Waals surface area contributed by atoms with Gasteiger partial charge in [0.25, 0.3) is 0 Å². The van der Waals surface area contributed by atoms with Gasteiger partial charge in [-0.25, -0.2) is 9.98 Å². The Labute approximate surface area is 395 Å². The van der Waals surface area contributed by atoms with E-state index in [2.05, 4.69) is 219 Å². The molecule has 0 saturated heterocycles. The van der Waals surface area contributed by atoms with Crippen LogP contribution in [-0.4, -0.2) is 11.5 Å². The lowest BCUT2D eigenvalue weighted by molar-refractivity contribution is 0.565. The molecule has 1 aromatic heterocycles. The number of benzene rings is 9. The molecule has 0 N–H and O–H groups in total. The molecule has 67 heavy (non-hydrogen) atoms. The van der Waals surface area contributed by atoms with Crippen molar-refractivity contribution in [2.45, 2.75) is 45.1 Å². The van der Waals surface area contributed by atoms with Gasteiger partial charge in [0, 0.05) is 32.8 Å². The Balaban J connectivity index is 1.08. The summed E-state index contributed by atoms with van der Waals surface area (Å²) >= 11 is 1.92. The molecule has 0 bridgehead atoms. The van der Waals surface area contributed by atoms with Crippen LogP contribution in [0, 0.1) is 0 Å². The zero-order chi connectivity index (χ0) is 44.6. The van der Waals surface area contributed by atoms with E-state index in [1.54, 1.807) is 0 Å². The maximum Gasteiger partial charge on any atom is 0.160 e. The fourth-order valence-corrected chi connectivity index (χ4v) is 12.5. The first-order valence-electron chi connectivity index (χ1n) is 23.7. The van der Waals surface area contributed by atoms with Crippen molar-refractivity contribution in [1.82, 2.24) is 0 Å². The van der Waals surface area contributed by atoms with Crippen LogP contribution in [0.1, 0.15) is 72.9 Å². The highest BCUT2D eigenvalue weighted by atomic mass is 32.1. The summed E-state index contributed by atoms with van der Waals surface area (Å²) in [6.45, 7) is 4.59. The molecule has 0 fully saturated rings. The van der Waals surface area contributed by atoms with Crippen molar-refractivity contribution >= 4 is 71.6 Å².